The van der Waals surface area contributed by atoms with E-state index >= 15 is 0 Å². The number of hydrogen-bond acceptors (Lipinski definition) is 2. The normalized spacial score (nSPS) is 9.36. The van der Waals surface area contributed by atoms with Crippen LogP contribution in [0.5, 0.6) is 0 Å². The number of anilines is 1. The van der Waals surface area contributed by atoms with Crippen LogP contribution in [0.1, 0.15) is 10.4 Å². The van der Waals surface area contributed by atoms with Gasteiger partial charge in [-0.1, -0.05) is 0 Å². The van der Waals surface area contributed by atoms with Crippen molar-refractivity contribution < 1.29 is 9.90 Å². The SMILES string of the molecule is Nc1c(I)cc(I)c(C(=O)O)c1I.[Na]. The number of nitrogens with two attached hydrogens (primary N) is 1. The van der Waals surface area contributed by atoms with Crippen molar-refractivity contribution in [3.63, 3.8) is 0 Å². The summed E-state index contributed by atoms with van der Waals surface area (Å²) >= 11 is 6.04. The van der Waals surface area contributed by atoms with Gasteiger partial charge in [-0.05, 0) is 73.8 Å². The van der Waals surface area contributed by atoms with Crippen molar-refractivity contribution in [2.24, 2.45) is 0 Å². The molecule has 0 heterocycles. The summed E-state index contributed by atoms with van der Waals surface area (Å²) < 4.78 is 2.21. The zero-order chi connectivity index (χ0) is 10.2. The van der Waals surface area contributed by atoms with Crippen LogP contribution < -0.4 is 5.73 Å². The smallest absolute Gasteiger partial charge is 0.337 e. The second-order valence-corrected chi connectivity index (χ2v) is 5.65. The molecule has 0 fully saturated rings. The molecule has 14 heavy (non-hydrogen) atoms. The standard InChI is InChI=1S/C7H4I3NO2.Na/c8-2-1-3(9)6(11)5(10)4(2)7(12)13;/h1H,11H2,(H,12,13);. The molecule has 1 aromatic carbocycles. The van der Waals surface area contributed by atoms with Crippen LogP contribution in [0, 0.1) is 10.7 Å². The topological polar surface area (TPSA) is 63.3 Å². The summed E-state index contributed by atoms with van der Waals surface area (Å²) in [6.07, 6.45) is 0. The van der Waals surface area contributed by atoms with Gasteiger partial charge >= 0.3 is 5.97 Å². The predicted molar refractivity (Wildman–Crippen MR) is 81.7 cm³/mol. The molecule has 0 saturated carbocycles. The van der Waals surface area contributed by atoms with Gasteiger partial charge in [0, 0.05) is 36.7 Å². The molecule has 0 amide bonds. The monoisotopic (exact) mass is 538 g/mol. The van der Waals surface area contributed by atoms with Crippen LogP contribution in [0.2, 0.25) is 0 Å². The van der Waals surface area contributed by atoms with E-state index in [1.165, 1.54) is 0 Å². The first kappa shape index (κ1) is 15.7. The minimum Gasteiger partial charge on any atom is -0.478 e. The van der Waals surface area contributed by atoms with E-state index in [2.05, 4.69) is 22.6 Å². The van der Waals surface area contributed by atoms with Crippen molar-refractivity contribution in [2.75, 3.05) is 5.73 Å². The second-order valence-electron chi connectivity index (χ2n) is 2.25. The van der Waals surface area contributed by atoms with Crippen molar-refractivity contribution in [3.8, 4) is 0 Å². The molecule has 0 aromatic heterocycles. The van der Waals surface area contributed by atoms with E-state index in [0.29, 0.717) is 18.4 Å². The summed E-state index contributed by atoms with van der Waals surface area (Å²) in [5.41, 5.74) is 6.54. The Labute approximate surface area is 144 Å². The minimum absolute atomic E-state index is 0. The van der Waals surface area contributed by atoms with Gasteiger partial charge in [-0.2, -0.15) is 0 Å². The quantitative estimate of drug-likeness (QED) is 0.329. The molecule has 0 aliphatic carbocycles. The van der Waals surface area contributed by atoms with E-state index in [-0.39, 0.29) is 29.6 Å². The molecule has 1 radical (unpaired) electrons. The van der Waals surface area contributed by atoms with E-state index in [1.54, 1.807) is 6.07 Å². The van der Waals surface area contributed by atoms with Crippen molar-refractivity contribution >= 4 is 109 Å². The van der Waals surface area contributed by atoms with E-state index in [9.17, 15) is 4.79 Å². The summed E-state index contributed by atoms with van der Waals surface area (Å²) in [7, 11) is 0. The largest absolute Gasteiger partial charge is 0.478 e. The van der Waals surface area contributed by atoms with Crippen LogP contribution in [-0.2, 0) is 0 Å². The zero-order valence-electron chi connectivity index (χ0n) is 7.14. The Morgan fingerprint density at radius 3 is 2.21 bits per heavy atom. The van der Waals surface area contributed by atoms with Crippen molar-refractivity contribution in [2.45, 2.75) is 0 Å². The average molecular weight is 538 g/mol. The van der Waals surface area contributed by atoms with Crippen LogP contribution in [0.3, 0.4) is 0 Å². The first-order chi connectivity index (χ1) is 5.95. The van der Waals surface area contributed by atoms with Crippen LogP contribution in [0.4, 0.5) is 5.69 Å². The molecule has 0 bridgehead atoms. The molecule has 0 aliphatic heterocycles. The van der Waals surface area contributed by atoms with Crippen LogP contribution in [0.15, 0.2) is 6.07 Å². The van der Waals surface area contributed by atoms with Gasteiger partial charge in [-0.3, -0.25) is 0 Å². The summed E-state index contributed by atoms with van der Waals surface area (Å²) in [5.74, 6) is -0.933. The summed E-state index contributed by atoms with van der Waals surface area (Å²) in [6, 6.07) is 1.77. The summed E-state index contributed by atoms with van der Waals surface area (Å²) in [4.78, 5) is 10.8. The third-order valence-electron chi connectivity index (χ3n) is 1.42. The van der Waals surface area contributed by atoms with Gasteiger partial charge in [-0.25, -0.2) is 4.79 Å². The fourth-order valence-electron chi connectivity index (χ4n) is 0.802. The zero-order valence-corrected chi connectivity index (χ0v) is 15.6. The fourth-order valence-corrected chi connectivity index (χ4v) is 4.63. The molecule has 0 saturated heterocycles. The number of rotatable bonds is 1. The number of aromatic carboxylic acids is 1. The predicted octanol–water partition coefficient (Wildman–Crippen LogP) is 2.40. The Hall–Kier alpha value is 1.68. The van der Waals surface area contributed by atoms with E-state index in [0.717, 1.165) is 3.57 Å². The van der Waals surface area contributed by atoms with Gasteiger partial charge in [0.15, 0.2) is 0 Å². The van der Waals surface area contributed by atoms with Gasteiger partial charge in [0.1, 0.15) is 0 Å². The third-order valence-corrected chi connectivity index (χ3v) is 4.28. The molecule has 0 atom stereocenters. The molecule has 0 aliphatic rings. The molecule has 7 heteroatoms. The first-order valence-electron chi connectivity index (χ1n) is 3.11. The van der Waals surface area contributed by atoms with Crippen molar-refractivity contribution in [1.29, 1.82) is 0 Å². The van der Waals surface area contributed by atoms with Gasteiger partial charge < -0.3 is 10.8 Å². The maximum absolute atomic E-state index is 10.8. The number of carboxylic acid groups (broad SMARTS) is 1. The minimum atomic E-state index is -0.933. The Morgan fingerprint density at radius 1 is 1.29 bits per heavy atom. The second kappa shape index (κ2) is 6.42. The van der Waals surface area contributed by atoms with Gasteiger partial charge in [0.2, 0.25) is 0 Å². The number of halogens is 3. The number of carboxylic acids is 1. The van der Waals surface area contributed by atoms with Crippen LogP contribution >= 0.6 is 67.8 Å². The molecular weight excluding hydrogens is 534 g/mol. The molecule has 0 spiro atoms. The van der Waals surface area contributed by atoms with Crippen molar-refractivity contribution in [1.82, 2.24) is 0 Å². The van der Waals surface area contributed by atoms with Crippen molar-refractivity contribution in [3.05, 3.63) is 22.3 Å². The van der Waals surface area contributed by atoms with E-state index < -0.39 is 5.97 Å². The maximum Gasteiger partial charge on any atom is 0.337 e. The average Bonchev–Trinajstić information content (AvgIpc) is 1.99. The first-order valence-corrected chi connectivity index (χ1v) is 6.35. The number of benzene rings is 1. The van der Waals surface area contributed by atoms with Gasteiger partial charge in [0.05, 0.1) is 14.8 Å². The Balaban J connectivity index is 0.00000169. The van der Waals surface area contributed by atoms with Crippen LogP contribution in [-0.4, -0.2) is 40.6 Å². The summed E-state index contributed by atoms with van der Waals surface area (Å²) in [6.45, 7) is 0. The van der Waals surface area contributed by atoms with E-state index in [4.69, 9.17) is 10.8 Å². The molecule has 0 unspecified atom stereocenters. The molecule has 71 valence electrons. The fraction of sp³-hybridized carbons (Fsp3) is 0. The maximum atomic E-state index is 10.8. The van der Waals surface area contributed by atoms with E-state index in [1.807, 2.05) is 45.2 Å². The summed E-state index contributed by atoms with van der Waals surface area (Å²) in [5, 5.41) is 8.89. The molecule has 3 N–H and O–H groups in total. The third kappa shape index (κ3) is 3.34. The van der Waals surface area contributed by atoms with Gasteiger partial charge in [0.25, 0.3) is 0 Å². The molecule has 1 aromatic rings. The molecule has 1 rings (SSSR count). The Bertz CT molecular complexity index is 384. The molecule has 3 nitrogen and oxygen atoms in total. The molecular formula is C7H4I3NNaO2. The van der Waals surface area contributed by atoms with Gasteiger partial charge in [-0.15, -0.1) is 0 Å². The number of carbonyl (C=O) groups is 1. The Morgan fingerprint density at radius 2 is 1.79 bits per heavy atom. The van der Waals surface area contributed by atoms with Crippen LogP contribution in [0.25, 0.3) is 0 Å². The number of nitrogen functional groups attached to an aromatic ring is 1. The Kier molecular flexibility index (Phi) is 7.19. The number of hydrogen-bond donors (Lipinski definition) is 2.